The molecule has 4 rings (SSSR count). The van der Waals surface area contributed by atoms with E-state index in [2.05, 4.69) is 54.9 Å². The fourth-order valence-electron chi connectivity index (χ4n) is 4.15. The summed E-state index contributed by atoms with van der Waals surface area (Å²) < 4.78 is 8.45. The molecule has 0 saturated carbocycles. The Hall–Kier alpha value is -3.60. The molecule has 0 saturated heterocycles. The van der Waals surface area contributed by atoms with Crippen LogP contribution in [0, 0.1) is 13.8 Å². The van der Waals surface area contributed by atoms with Gasteiger partial charge in [-0.05, 0) is 61.2 Å². The number of amides is 1. The zero-order valence-electron chi connectivity index (χ0n) is 20.5. The number of hydrogen-bond donors (Lipinski definition) is 1. The van der Waals surface area contributed by atoms with Crippen molar-refractivity contribution in [1.82, 2.24) is 14.9 Å². The largest absolute Gasteiger partial charge is 0.491 e. The number of aromatic nitrogens is 2. The molecule has 5 heteroatoms. The third kappa shape index (κ3) is 5.48. The Morgan fingerprint density at radius 3 is 2.50 bits per heavy atom. The lowest BCUT2D eigenvalue weighted by atomic mass is 10.0. The number of benzene rings is 3. The molecule has 0 aliphatic heterocycles. The van der Waals surface area contributed by atoms with Crippen LogP contribution in [0.25, 0.3) is 11.0 Å². The van der Waals surface area contributed by atoms with Gasteiger partial charge in [0.25, 0.3) is 5.91 Å². The van der Waals surface area contributed by atoms with Crippen molar-refractivity contribution >= 4 is 16.9 Å². The summed E-state index contributed by atoms with van der Waals surface area (Å²) in [5.74, 6) is 2.23. The monoisotopic (exact) mass is 455 g/mol. The van der Waals surface area contributed by atoms with Crippen molar-refractivity contribution in [3.63, 3.8) is 0 Å². The van der Waals surface area contributed by atoms with Crippen molar-refractivity contribution in [2.45, 2.75) is 46.6 Å². The topological polar surface area (TPSA) is 56.2 Å². The van der Waals surface area contributed by atoms with Gasteiger partial charge >= 0.3 is 0 Å². The van der Waals surface area contributed by atoms with Crippen molar-refractivity contribution < 1.29 is 9.53 Å². The van der Waals surface area contributed by atoms with Crippen molar-refractivity contribution in [2.24, 2.45) is 0 Å². The molecule has 4 aromatic rings. The normalized spacial score (nSPS) is 11.2. The van der Waals surface area contributed by atoms with Gasteiger partial charge in [-0.25, -0.2) is 4.98 Å². The molecule has 34 heavy (non-hydrogen) atoms. The first-order chi connectivity index (χ1) is 16.4. The quantitative estimate of drug-likeness (QED) is 0.346. The highest BCUT2D eigenvalue weighted by Crippen LogP contribution is 2.27. The number of nitrogens with zero attached hydrogens (tertiary/aromatic N) is 2. The van der Waals surface area contributed by atoms with Crippen LogP contribution < -0.4 is 10.1 Å². The van der Waals surface area contributed by atoms with E-state index in [1.54, 1.807) is 0 Å². The smallest absolute Gasteiger partial charge is 0.251 e. The summed E-state index contributed by atoms with van der Waals surface area (Å²) in [5.41, 5.74) is 6.27. The van der Waals surface area contributed by atoms with E-state index in [1.165, 1.54) is 11.1 Å². The van der Waals surface area contributed by atoms with E-state index in [1.807, 2.05) is 49.4 Å². The molecule has 1 heterocycles. The van der Waals surface area contributed by atoms with Gasteiger partial charge in [0.15, 0.2) is 0 Å². The number of hydrogen-bond acceptors (Lipinski definition) is 3. The molecule has 1 N–H and O–H groups in total. The highest BCUT2D eigenvalue weighted by molar-refractivity contribution is 5.94. The van der Waals surface area contributed by atoms with Gasteiger partial charge in [0.2, 0.25) is 0 Å². The summed E-state index contributed by atoms with van der Waals surface area (Å²) >= 11 is 0. The molecule has 0 atom stereocenters. The maximum atomic E-state index is 12.5. The first-order valence-electron chi connectivity index (χ1n) is 11.9. The maximum absolute atomic E-state index is 12.5. The molecule has 3 aromatic carbocycles. The van der Waals surface area contributed by atoms with Gasteiger partial charge in [0, 0.05) is 18.5 Å². The Balaban J connectivity index is 1.45. The predicted molar refractivity (Wildman–Crippen MR) is 138 cm³/mol. The van der Waals surface area contributed by atoms with Crippen LogP contribution in [0.15, 0.2) is 66.7 Å². The highest BCUT2D eigenvalue weighted by atomic mass is 16.5. The van der Waals surface area contributed by atoms with Gasteiger partial charge in [0.05, 0.1) is 17.6 Å². The lowest BCUT2D eigenvalue weighted by Gasteiger charge is -2.16. The molecule has 0 fully saturated rings. The van der Waals surface area contributed by atoms with Crippen molar-refractivity contribution in [3.8, 4) is 5.75 Å². The van der Waals surface area contributed by atoms with Crippen LogP contribution in [0.3, 0.4) is 0 Å². The standard InChI is InChI=1S/C29H33N3O2/c1-20(2)24-14-11-22(4)19-27(24)34-18-17-32-26-8-6-5-7-25(26)31-28(32)15-16-30-29(33)23-12-9-21(3)10-13-23/h5-14,19-20H,15-18H2,1-4H3,(H,30,33). The minimum atomic E-state index is -0.0633. The van der Waals surface area contributed by atoms with E-state index in [4.69, 9.17) is 9.72 Å². The van der Waals surface area contributed by atoms with E-state index in [0.717, 1.165) is 28.2 Å². The summed E-state index contributed by atoms with van der Waals surface area (Å²) in [6.45, 7) is 10.2. The summed E-state index contributed by atoms with van der Waals surface area (Å²) in [4.78, 5) is 17.3. The first kappa shape index (κ1) is 23.6. The van der Waals surface area contributed by atoms with Gasteiger partial charge in [-0.3, -0.25) is 4.79 Å². The van der Waals surface area contributed by atoms with Crippen LogP contribution in [-0.4, -0.2) is 28.6 Å². The van der Waals surface area contributed by atoms with E-state index >= 15 is 0 Å². The third-order valence-electron chi connectivity index (χ3n) is 6.05. The summed E-state index contributed by atoms with van der Waals surface area (Å²) in [6, 6.07) is 22.2. The van der Waals surface area contributed by atoms with Crippen LogP contribution in [-0.2, 0) is 13.0 Å². The third-order valence-corrected chi connectivity index (χ3v) is 6.05. The van der Waals surface area contributed by atoms with Crippen LogP contribution in [0.4, 0.5) is 0 Å². The van der Waals surface area contributed by atoms with Gasteiger partial charge in [-0.1, -0.05) is 55.8 Å². The minimum Gasteiger partial charge on any atom is -0.491 e. The molecule has 0 spiro atoms. The number of aryl methyl sites for hydroxylation is 2. The van der Waals surface area contributed by atoms with Crippen molar-refractivity contribution in [2.75, 3.05) is 13.2 Å². The molecule has 176 valence electrons. The molecule has 5 nitrogen and oxygen atoms in total. The van der Waals surface area contributed by atoms with Gasteiger partial charge in [0.1, 0.15) is 18.2 Å². The van der Waals surface area contributed by atoms with E-state index < -0.39 is 0 Å². The second-order valence-corrected chi connectivity index (χ2v) is 9.08. The minimum absolute atomic E-state index is 0.0633. The number of fused-ring (bicyclic) bond motifs is 1. The summed E-state index contributed by atoms with van der Waals surface area (Å²) in [7, 11) is 0. The lowest BCUT2D eigenvalue weighted by molar-refractivity contribution is 0.0954. The second-order valence-electron chi connectivity index (χ2n) is 9.08. The average Bonchev–Trinajstić information content (AvgIpc) is 3.17. The maximum Gasteiger partial charge on any atom is 0.251 e. The summed E-state index contributed by atoms with van der Waals surface area (Å²) in [5, 5.41) is 3.02. The molecule has 0 aliphatic carbocycles. The van der Waals surface area contributed by atoms with E-state index in [9.17, 15) is 4.79 Å². The molecular formula is C29H33N3O2. The fraction of sp³-hybridized carbons (Fsp3) is 0.310. The van der Waals surface area contributed by atoms with E-state index in [-0.39, 0.29) is 5.91 Å². The molecule has 0 unspecified atom stereocenters. The molecule has 1 amide bonds. The second kappa shape index (κ2) is 10.6. The van der Waals surface area contributed by atoms with Gasteiger partial charge in [-0.2, -0.15) is 0 Å². The van der Waals surface area contributed by atoms with Crippen LogP contribution >= 0.6 is 0 Å². The zero-order chi connectivity index (χ0) is 24.1. The van der Waals surface area contributed by atoms with Gasteiger partial charge < -0.3 is 14.6 Å². The number of ether oxygens (including phenoxy) is 1. The SMILES string of the molecule is Cc1ccc(C(=O)NCCc2nc3ccccc3n2CCOc2cc(C)ccc2C(C)C)cc1. The first-order valence-corrected chi connectivity index (χ1v) is 11.9. The Morgan fingerprint density at radius 1 is 1.00 bits per heavy atom. The summed E-state index contributed by atoms with van der Waals surface area (Å²) in [6.07, 6.45) is 0.647. The lowest BCUT2D eigenvalue weighted by Crippen LogP contribution is -2.26. The Kier molecular flexibility index (Phi) is 7.31. The number of nitrogens with one attached hydrogen (secondary N) is 1. The Bertz CT molecular complexity index is 1270. The van der Waals surface area contributed by atoms with Gasteiger partial charge in [-0.15, -0.1) is 0 Å². The number of carbonyl (C=O) groups excluding carboxylic acids is 1. The molecular weight excluding hydrogens is 422 g/mol. The van der Waals surface area contributed by atoms with Crippen LogP contribution in [0.5, 0.6) is 5.75 Å². The Morgan fingerprint density at radius 2 is 1.74 bits per heavy atom. The highest BCUT2D eigenvalue weighted by Gasteiger charge is 2.13. The Labute approximate surface area is 201 Å². The number of imidazole rings is 1. The van der Waals surface area contributed by atoms with Crippen molar-refractivity contribution in [3.05, 3.63) is 94.8 Å². The van der Waals surface area contributed by atoms with Crippen LogP contribution in [0.1, 0.15) is 52.6 Å². The predicted octanol–water partition coefficient (Wildman–Crippen LogP) is 5.83. The average molecular weight is 456 g/mol. The number of rotatable bonds is 9. The zero-order valence-corrected chi connectivity index (χ0v) is 20.5. The molecule has 0 bridgehead atoms. The molecule has 0 radical (unpaired) electrons. The molecule has 1 aromatic heterocycles. The van der Waals surface area contributed by atoms with E-state index in [0.29, 0.717) is 37.6 Å². The number of carbonyl (C=O) groups is 1. The van der Waals surface area contributed by atoms with Crippen molar-refractivity contribution in [1.29, 1.82) is 0 Å². The number of para-hydroxylation sites is 2. The fourth-order valence-corrected chi connectivity index (χ4v) is 4.15. The van der Waals surface area contributed by atoms with Crippen LogP contribution in [0.2, 0.25) is 0 Å². The molecule has 0 aliphatic rings.